The van der Waals surface area contributed by atoms with Gasteiger partial charge in [-0.1, -0.05) is 24.3 Å². The van der Waals surface area contributed by atoms with E-state index in [1.165, 1.54) is 0 Å². The minimum absolute atomic E-state index is 0.0316. The van der Waals surface area contributed by atoms with Crippen molar-refractivity contribution in [3.63, 3.8) is 0 Å². The Labute approximate surface area is 170 Å². The predicted octanol–water partition coefficient (Wildman–Crippen LogP) is 3.58. The van der Waals surface area contributed by atoms with Crippen LogP contribution in [0.25, 0.3) is 5.57 Å². The minimum Gasteiger partial charge on any atom is -0.370 e. The lowest BCUT2D eigenvalue weighted by Gasteiger charge is -2.30. The number of likely N-dealkylation sites (N-methyl/N-ethyl adjacent to an activating group) is 1. The molecule has 5 heteroatoms. The summed E-state index contributed by atoms with van der Waals surface area (Å²) >= 11 is 0. The third-order valence-corrected chi connectivity index (χ3v) is 5.64. The maximum absolute atomic E-state index is 11.9. The predicted molar refractivity (Wildman–Crippen MR) is 113 cm³/mol. The Bertz CT molecular complexity index is 1090. The van der Waals surface area contributed by atoms with E-state index in [4.69, 9.17) is 0 Å². The van der Waals surface area contributed by atoms with Gasteiger partial charge in [-0.25, -0.2) is 0 Å². The summed E-state index contributed by atoms with van der Waals surface area (Å²) < 4.78 is 0. The van der Waals surface area contributed by atoms with Crippen molar-refractivity contribution in [3.8, 4) is 6.07 Å². The summed E-state index contributed by atoms with van der Waals surface area (Å²) in [4.78, 5) is 13.7. The third-order valence-electron chi connectivity index (χ3n) is 5.64. The maximum Gasteiger partial charge on any atom is 0.224 e. The molecule has 5 nitrogen and oxygen atoms in total. The van der Waals surface area contributed by atoms with E-state index in [9.17, 15) is 15.2 Å². The van der Waals surface area contributed by atoms with Crippen LogP contribution in [0.4, 0.5) is 5.69 Å². The Morgan fingerprint density at radius 1 is 1.24 bits per heavy atom. The molecule has 0 spiro atoms. The quantitative estimate of drug-likeness (QED) is 0.847. The number of amides is 1. The van der Waals surface area contributed by atoms with Gasteiger partial charge in [-0.3, -0.25) is 4.79 Å². The van der Waals surface area contributed by atoms with Crippen LogP contribution in [-0.2, 0) is 17.6 Å². The number of aliphatic hydroxyl groups excluding tert-OH is 1. The molecule has 0 fully saturated rings. The standard InChI is InChI=1S/C24H23N3O2/c1-15-11-18(14-27(2)24(15)29)19-7-9-22-20(8-10-23(28)26-22)21(19)12-16-5-3-4-6-17(16)13-25/h3-7,9,11,14,24,29H,8,10,12H2,1-2H3,(H,26,28). The Kier molecular flexibility index (Phi) is 4.96. The Hall–Kier alpha value is -3.36. The zero-order valence-electron chi connectivity index (χ0n) is 16.6. The number of nitriles is 1. The zero-order valence-corrected chi connectivity index (χ0v) is 16.6. The molecule has 2 N–H and O–H groups in total. The van der Waals surface area contributed by atoms with Crippen molar-refractivity contribution >= 4 is 17.2 Å². The van der Waals surface area contributed by atoms with Crippen molar-refractivity contribution in [2.24, 2.45) is 0 Å². The first-order valence-electron chi connectivity index (χ1n) is 9.71. The van der Waals surface area contributed by atoms with Gasteiger partial charge in [0.05, 0.1) is 11.6 Å². The zero-order chi connectivity index (χ0) is 20.5. The Balaban J connectivity index is 1.87. The van der Waals surface area contributed by atoms with Crippen LogP contribution in [0.5, 0.6) is 0 Å². The summed E-state index contributed by atoms with van der Waals surface area (Å²) in [7, 11) is 1.85. The van der Waals surface area contributed by atoms with Gasteiger partial charge in [0.2, 0.25) is 5.91 Å². The number of hydrogen-bond acceptors (Lipinski definition) is 4. The number of fused-ring (bicyclic) bond motifs is 1. The fraction of sp³-hybridized carbons (Fsp3) is 0.250. The molecule has 0 bridgehead atoms. The first-order chi connectivity index (χ1) is 14.0. The van der Waals surface area contributed by atoms with Gasteiger partial charge in [-0.15, -0.1) is 0 Å². The lowest BCUT2D eigenvalue weighted by atomic mass is 9.85. The SMILES string of the molecule is CC1=CC(c2ccc3c(c2Cc2ccccc2C#N)CCC(=O)N3)=CN(C)C1O. The molecule has 2 aliphatic heterocycles. The number of hydrogen-bond donors (Lipinski definition) is 2. The first-order valence-corrected chi connectivity index (χ1v) is 9.71. The summed E-state index contributed by atoms with van der Waals surface area (Å²) in [6, 6.07) is 13.9. The van der Waals surface area contributed by atoms with Crippen LogP contribution in [0.1, 0.15) is 41.2 Å². The van der Waals surface area contributed by atoms with Gasteiger partial charge in [-0.05, 0) is 71.4 Å². The molecular formula is C24H23N3O2. The smallest absolute Gasteiger partial charge is 0.224 e. The van der Waals surface area contributed by atoms with Gasteiger partial charge in [0, 0.05) is 25.4 Å². The second-order valence-corrected chi connectivity index (χ2v) is 7.62. The monoisotopic (exact) mass is 385 g/mol. The third kappa shape index (κ3) is 3.55. The van der Waals surface area contributed by atoms with Crippen LogP contribution < -0.4 is 5.32 Å². The molecule has 2 aromatic carbocycles. The molecule has 2 heterocycles. The number of allylic oxidation sites excluding steroid dienone is 2. The highest BCUT2D eigenvalue weighted by Gasteiger charge is 2.24. The second kappa shape index (κ2) is 7.57. The number of benzene rings is 2. The lowest BCUT2D eigenvalue weighted by molar-refractivity contribution is -0.116. The average Bonchev–Trinajstić information content (AvgIpc) is 2.72. The van der Waals surface area contributed by atoms with Crippen molar-refractivity contribution < 1.29 is 9.90 Å². The number of nitrogens with zero attached hydrogens (tertiary/aromatic N) is 2. The molecule has 146 valence electrons. The average molecular weight is 385 g/mol. The lowest BCUT2D eigenvalue weighted by Crippen LogP contribution is -2.30. The first kappa shape index (κ1) is 19.0. The van der Waals surface area contributed by atoms with Crippen molar-refractivity contribution in [3.05, 3.63) is 82.1 Å². The minimum atomic E-state index is -0.626. The number of nitrogens with one attached hydrogen (secondary N) is 1. The summed E-state index contributed by atoms with van der Waals surface area (Å²) in [6.45, 7) is 1.91. The second-order valence-electron chi connectivity index (χ2n) is 7.62. The molecule has 0 saturated carbocycles. The number of anilines is 1. The number of carbonyl (C=O) groups is 1. The van der Waals surface area contributed by atoms with Crippen molar-refractivity contribution in [2.45, 2.75) is 32.4 Å². The molecule has 0 radical (unpaired) electrons. The fourth-order valence-electron chi connectivity index (χ4n) is 4.11. The molecule has 0 aromatic heterocycles. The summed E-state index contributed by atoms with van der Waals surface area (Å²) in [5, 5.41) is 22.7. The number of aliphatic hydroxyl groups is 1. The topological polar surface area (TPSA) is 76.4 Å². The highest BCUT2D eigenvalue weighted by molar-refractivity contribution is 5.95. The maximum atomic E-state index is 11.9. The van der Waals surface area contributed by atoms with E-state index >= 15 is 0 Å². The van der Waals surface area contributed by atoms with E-state index in [0.29, 0.717) is 24.8 Å². The Morgan fingerprint density at radius 2 is 2.03 bits per heavy atom. The van der Waals surface area contributed by atoms with Crippen molar-refractivity contribution in [1.82, 2.24) is 4.90 Å². The van der Waals surface area contributed by atoms with Crippen LogP contribution in [-0.4, -0.2) is 29.2 Å². The van der Waals surface area contributed by atoms with E-state index in [-0.39, 0.29) is 5.91 Å². The molecule has 0 saturated heterocycles. The van der Waals surface area contributed by atoms with Crippen LogP contribution in [0, 0.1) is 11.3 Å². The van der Waals surface area contributed by atoms with E-state index in [2.05, 4.69) is 11.4 Å². The van der Waals surface area contributed by atoms with Gasteiger partial charge >= 0.3 is 0 Å². The highest BCUT2D eigenvalue weighted by atomic mass is 16.3. The van der Waals surface area contributed by atoms with Gasteiger partial charge in [0.25, 0.3) is 0 Å². The fourth-order valence-corrected chi connectivity index (χ4v) is 4.11. The van der Waals surface area contributed by atoms with Crippen molar-refractivity contribution in [1.29, 1.82) is 5.26 Å². The molecule has 4 rings (SSSR count). The van der Waals surface area contributed by atoms with E-state index < -0.39 is 6.23 Å². The van der Waals surface area contributed by atoms with E-state index in [1.807, 2.05) is 62.6 Å². The molecule has 1 atom stereocenters. The molecule has 0 aliphatic carbocycles. The molecular weight excluding hydrogens is 362 g/mol. The van der Waals surface area contributed by atoms with Crippen molar-refractivity contribution in [2.75, 3.05) is 12.4 Å². The Morgan fingerprint density at radius 3 is 2.79 bits per heavy atom. The number of carbonyl (C=O) groups excluding carboxylic acids is 1. The summed E-state index contributed by atoms with van der Waals surface area (Å²) in [5.41, 5.74) is 7.66. The van der Waals surface area contributed by atoms with E-state index in [0.717, 1.165) is 39.1 Å². The van der Waals surface area contributed by atoms with Gasteiger partial charge < -0.3 is 15.3 Å². The van der Waals surface area contributed by atoms with Gasteiger partial charge in [0.15, 0.2) is 0 Å². The van der Waals surface area contributed by atoms with Crippen LogP contribution in [0.15, 0.2) is 54.2 Å². The number of rotatable bonds is 3. The molecule has 2 aliphatic rings. The molecule has 2 aromatic rings. The summed E-state index contributed by atoms with van der Waals surface area (Å²) in [5.74, 6) is 0.0316. The van der Waals surface area contributed by atoms with E-state index in [1.54, 1.807) is 4.90 Å². The van der Waals surface area contributed by atoms with Crippen LogP contribution in [0.3, 0.4) is 0 Å². The van der Waals surface area contributed by atoms with Crippen LogP contribution >= 0.6 is 0 Å². The van der Waals surface area contributed by atoms with Gasteiger partial charge in [0.1, 0.15) is 6.23 Å². The molecule has 29 heavy (non-hydrogen) atoms. The molecule has 1 unspecified atom stereocenters. The summed E-state index contributed by atoms with van der Waals surface area (Å²) in [6.07, 6.45) is 5.06. The van der Waals surface area contributed by atoms with Crippen LogP contribution in [0.2, 0.25) is 0 Å². The molecule has 1 amide bonds. The largest absolute Gasteiger partial charge is 0.370 e. The normalized spacial score (nSPS) is 18.3. The van der Waals surface area contributed by atoms with Gasteiger partial charge in [-0.2, -0.15) is 5.26 Å². The highest BCUT2D eigenvalue weighted by Crippen LogP contribution is 2.36.